The zero-order valence-corrected chi connectivity index (χ0v) is 32.5. The summed E-state index contributed by atoms with van der Waals surface area (Å²) in [6.45, 7) is 6.47. The number of benzene rings is 2. The van der Waals surface area contributed by atoms with Crippen molar-refractivity contribution < 1.29 is 28.3 Å². The second-order valence-corrected chi connectivity index (χ2v) is 15.7. The fourth-order valence-corrected chi connectivity index (χ4v) is 8.78. The molecule has 2 aromatic carbocycles. The van der Waals surface area contributed by atoms with E-state index >= 15 is 0 Å². The number of piperidine rings is 3. The van der Waals surface area contributed by atoms with Gasteiger partial charge in [-0.1, -0.05) is 0 Å². The van der Waals surface area contributed by atoms with Crippen molar-refractivity contribution in [2.45, 2.75) is 63.6 Å². The number of carbonyl (C=O) groups excluding carboxylic acids is 4. The van der Waals surface area contributed by atoms with Crippen LogP contribution >= 0.6 is 0 Å². The second kappa shape index (κ2) is 15.7. The third kappa shape index (κ3) is 7.53. The number of likely N-dealkylation sites (tertiary alicyclic amines) is 1. The first-order chi connectivity index (χ1) is 28.6. The highest BCUT2D eigenvalue weighted by atomic mass is 19.1. The van der Waals surface area contributed by atoms with Gasteiger partial charge in [0.25, 0.3) is 11.8 Å². The number of nitrogens with two attached hydrogens (primary N) is 1. The average molecular weight is 802 g/mol. The monoisotopic (exact) mass is 801 g/mol. The number of hydrogen-bond acceptors (Lipinski definition) is 12. The Balaban J connectivity index is 0.770. The van der Waals surface area contributed by atoms with Crippen LogP contribution in [0.2, 0.25) is 0 Å². The van der Waals surface area contributed by atoms with Crippen molar-refractivity contribution in [1.82, 2.24) is 44.9 Å². The zero-order chi connectivity index (χ0) is 40.8. The summed E-state index contributed by atoms with van der Waals surface area (Å²) >= 11 is 0. The minimum Gasteiger partial charge on any atom is -0.482 e. The zero-order valence-electron chi connectivity index (χ0n) is 32.5. The second-order valence-electron chi connectivity index (χ2n) is 15.7. The Morgan fingerprint density at radius 1 is 0.864 bits per heavy atom. The summed E-state index contributed by atoms with van der Waals surface area (Å²) in [6.07, 6.45) is 12.3. The molecule has 4 aliphatic heterocycles. The van der Waals surface area contributed by atoms with E-state index in [4.69, 9.17) is 15.6 Å². The molecule has 3 aromatic heterocycles. The van der Waals surface area contributed by atoms with Crippen LogP contribution in [-0.4, -0.2) is 102 Å². The van der Waals surface area contributed by atoms with Crippen molar-refractivity contribution in [2.75, 3.05) is 43.4 Å². The van der Waals surface area contributed by atoms with Crippen molar-refractivity contribution in [3.63, 3.8) is 0 Å². The smallest absolute Gasteiger partial charge is 0.262 e. The molecular weight excluding hydrogens is 758 g/mol. The molecule has 17 heteroatoms. The fourth-order valence-electron chi connectivity index (χ4n) is 8.78. The molecule has 9 rings (SSSR count). The first kappa shape index (κ1) is 38.1. The number of pyridine rings is 1. The highest BCUT2D eigenvalue weighted by molar-refractivity contribution is 6.23. The lowest BCUT2D eigenvalue weighted by molar-refractivity contribution is -0.136. The summed E-state index contributed by atoms with van der Waals surface area (Å²) in [5.74, 6) is -1.23. The molecule has 2 atom stereocenters. The number of carbonyl (C=O) groups is 4. The maximum atomic E-state index is 14.3. The summed E-state index contributed by atoms with van der Waals surface area (Å²) in [5, 5.41) is 15.4. The lowest BCUT2D eigenvalue weighted by atomic mass is 9.94. The minimum absolute atomic E-state index is 0.0888. The molecule has 0 bridgehead atoms. The van der Waals surface area contributed by atoms with Crippen LogP contribution in [-0.2, 0) is 9.59 Å². The molecule has 304 valence electrons. The SMILES string of the molecule is C[C@@H](Oc1cc(-c2cnn(C3CCN(CC4CCN(c5ccc6c(c5)C(=O)N(C5CCC(=O)NC5=O)C6=O)CC4)CC3)c2)cnc1N)c1cc(F)ccc1-n1nccn1. The van der Waals surface area contributed by atoms with Gasteiger partial charge in [0.05, 0.1) is 41.4 Å². The molecule has 5 aromatic rings. The summed E-state index contributed by atoms with van der Waals surface area (Å²) < 4.78 is 22.6. The molecule has 4 aliphatic rings. The molecule has 0 spiro atoms. The summed E-state index contributed by atoms with van der Waals surface area (Å²) in [6, 6.07) is 10.8. The van der Waals surface area contributed by atoms with E-state index in [0.29, 0.717) is 34.0 Å². The number of rotatable bonds is 10. The number of hydrogen-bond donors (Lipinski definition) is 2. The topological polar surface area (TPSA) is 187 Å². The molecule has 3 fully saturated rings. The third-order valence-electron chi connectivity index (χ3n) is 12.0. The van der Waals surface area contributed by atoms with Gasteiger partial charge in [-0.3, -0.25) is 34.1 Å². The van der Waals surface area contributed by atoms with Crippen molar-refractivity contribution in [1.29, 1.82) is 0 Å². The van der Waals surface area contributed by atoms with E-state index in [9.17, 15) is 23.6 Å². The largest absolute Gasteiger partial charge is 0.482 e. The minimum atomic E-state index is -0.976. The Labute approximate surface area is 339 Å². The predicted molar refractivity (Wildman–Crippen MR) is 213 cm³/mol. The van der Waals surface area contributed by atoms with E-state index in [1.807, 2.05) is 36.1 Å². The Bertz CT molecular complexity index is 2420. The molecule has 1 unspecified atom stereocenters. The van der Waals surface area contributed by atoms with E-state index in [2.05, 4.69) is 30.3 Å². The first-order valence-electron chi connectivity index (χ1n) is 20.1. The normalized spacial score (nSPS) is 19.9. The number of nitrogens with zero attached hydrogens (tertiary/aromatic N) is 9. The maximum absolute atomic E-state index is 14.3. The average Bonchev–Trinajstić information content (AvgIpc) is 4.01. The van der Waals surface area contributed by atoms with Gasteiger partial charge in [0, 0.05) is 73.9 Å². The Kier molecular flexibility index (Phi) is 10.1. The molecular formula is C42H44FN11O5. The van der Waals surface area contributed by atoms with Crippen molar-refractivity contribution >= 4 is 35.1 Å². The molecule has 7 heterocycles. The van der Waals surface area contributed by atoms with Gasteiger partial charge in [0.15, 0.2) is 11.6 Å². The van der Waals surface area contributed by atoms with Crippen LogP contribution in [0.1, 0.15) is 83.9 Å². The number of anilines is 2. The highest BCUT2D eigenvalue weighted by Crippen LogP contribution is 2.35. The van der Waals surface area contributed by atoms with Crippen LogP contribution in [0.15, 0.2) is 73.4 Å². The number of fused-ring (bicyclic) bond motifs is 1. The van der Waals surface area contributed by atoms with E-state index in [1.54, 1.807) is 36.8 Å². The summed E-state index contributed by atoms with van der Waals surface area (Å²) in [5.41, 5.74) is 10.6. The van der Waals surface area contributed by atoms with Gasteiger partial charge in [0.1, 0.15) is 18.0 Å². The van der Waals surface area contributed by atoms with Gasteiger partial charge >= 0.3 is 0 Å². The number of ether oxygens (including phenoxy) is 1. The van der Waals surface area contributed by atoms with Crippen molar-refractivity contribution in [2.24, 2.45) is 5.92 Å². The molecule has 0 saturated carbocycles. The Morgan fingerprint density at radius 3 is 2.39 bits per heavy atom. The third-order valence-corrected chi connectivity index (χ3v) is 12.0. The van der Waals surface area contributed by atoms with Crippen LogP contribution in [0.5, 0.6) is 5.75 Å². The van der Waals surface area contributed by atoms with Crippen LogP contribution < -0.4 is 20.7 Å². The van der Waals surface area contributed by atoms with E-state index in [1.165, 1.54) is 16.9 Å². The number of aromatic nitrogens is 6. The standard InChI is InChI=1S/C42H44FN11O5/c1-25(33-19-29(43)2-5-35(33)54-46-12-13-47-54)59-37-18-27(21-45-39(37)44)28-22-48-52(24-28)30-10-14-50(15-11-30)23-26-8-16-51(17-9-26)31-3-4-32-34(20-31)42(58)53(41(32)57)36-6-7-38(55)49-40(36)56/h2-5,12-13,18-22,24-26,30,36H,6-11,14-17,23H2,1H3,(H2,44,45)(H,49,55,56)/t25-,36?/m1/s1. The van der Waals surface area contributed by atoms with Gasteiger partial charge in [-0.2, -0.15) is 20.1 Å². The Morgan fingerprint density at radius 2 is 1.63 bits per heavy atom. The van der Waals surface area contributed by atoms with Gasteiger partial charge in [-0.25, -0.2) is 9.37 Å². The number of nitrogens with one attached hydrogen (secondary N) is 1. The highest BCUT2D eigenvalue weighted by Gasteiger charge is 2.45. The van der Waals surface area contributed by atoms with E-state index in [0.717, 1.165) is 80.1 Å². The van der Waals surface area contributed by atoms with E-state index < -0.39 is 41.6 Å². The molecule has 3 N–H and O–H groups in total. The molecule has 0 aliphatic carbocycles. The van der Waals surface area contributed by atoms with Gasteiger partial charge < -0.3 is 20.3 Å². The summed E-state index contributed by atoms with van der Waals surface area (Å²) in [7, 11) is 0. The number of imide groups is 2. The van der Waals surface area contributed by atoms with Gasteiger partial charge in [0.2, 0.25) is 11.8 Å². The first-order valence-corrected chi connectivity index (χ1v) is 20.1. The van der Waals surface area contributed by atoms with Gasteiger partial charge in [-0.05, 0) is 87.4 Å². The van der Waals surface area contributed by atoms with Crippen molar-refractivity contribution in [3.05, 3.63) is 96.0 Å². The lowest BCUT2D eigenvalue weighted by Crippen LogP contribution is -2.54. The van der Waals surface area contributed by atoms with Crippen LogP contribution in [0.3, 0.4) is 0 Å². The van der Waals surface area contributed by atoms with Crippen LogP contribution in [0.4, 0.5) is 15.9 Å². The Hall–Kier alpha value is -6.49. The van der Waals surface area contributed by atoms with E-state index in [-0.39, 0.29) is 24.7 Å². The number of amides is 4. The fraction of sp³-hybridized carbons (Fsp3) is 0.381. The molecule has 59 heavy (non-hydrogen) atoms. The maximum Gasteiger partial charge on any atom is 0.262 e. The lowest BCUT2D eigenvalue weighted by Gasteiger charge is -2.38. The van der Waals surface area contributed by atoms with Crippen LogP contribution in [0.25, 0.3) is 16.8 Å². The number of nitrogen functional groups attached to an aromatic ring is 1. The van der Waals surface area contributed by atoms with Crippen molar-refractivity contribution in [3.8, 4) is 22.6 Å². The quantitative estimate of drug-likeness (QED) is 0.191. The molecule has 0 radical (unpaired) electrons. The number of halogens is 1. The summed E-state index contributed by atoms with van der Waals surface area (Å²) in [4.78, 5) is 62.2. The molecule has 3 saturated heterocycles. The van der Waals surface area contributed by atoms with Gasteiger partial charge in [-0.15, -0.1) is 0 Å². The molecule has 4 amide bonds. The predicted octanol–water partition coefficient (Wildman–Crippen LogP) is 4.34. The van der Waals surface area contributed by atoms with Crippen LogP contribution in [0, 0.1) is 11.7 Å². The molecule has 16 nitrogen and oxygen atoms in total.